The van der Waals surface area contributed by atoms with Crippen LogP contribution < -0.4 is 10.6 Å². The number of hydrogen-bond acceptors (Lipinski definition) is 4. The minimum atomic E-state index is -0.956. The van der Waals surface area contributed by atoms with Gasteiger partial charge in [-0.3, -0.25) is 4.68 Å². The summed E-state index contributed by atoms with van der Waals surface area (Å²) in [5.74, 6) is 0.683. The number of aliphatic imine (C=N–C) groups is 1. The SMILES string of the molecule is CCNC(=NCc1c(C)nn(Cc2ccccc2)c1C)NCC(C)(O)c1ccsc1. The lowest BCUT2D eigenvalue weighted by Gasteiger charge is -2.24. The Morgan fingerprint density at radius 3 is 2.63 bits per heavy atom. The first-order valence-electron chi connectivity index (χ1n) is 10.2. The molecule has 6 nitrogen and oxygen atoms in total. The molecule has 160 valence electrons. The Bertz CT molecular complexity index is 961. The summed E-state index contributed by atoms with van der Waals surface area (Å²) in [6, 6.07) is 12.3. The Balaban J connectivity index is 1.70. The number of nitrogens with one attached hydrogen (secondary N) is 2. The first-order chi connectivity index (χ1) is 14.4. The summed E-state index contributed by atoms with van der Waals surface area (Å²) in [5, 5.41) is 25.9. The molecule has 0 radical (unpaired) electrons. The lowest BCUT2D eigenvalue weighted by atomic mass is 9.99. The fourth-order valence-electron chi connectivity index (χ4n) is 3.30. The highest BCUT2D eigenvalue weighted by Crippen LogP contribution is 2.22. The van der Waals surface area contributed by atoms with Gasteiger partial charge in [-0.05, 0) is 55.6 Å². The zero-order chi connectivity index (χ0) is 21.6. The maximum atomic E-state index is 10.8. The molecular formula is C23H31N5OS. The highest BCUT2D eigenvalue weighted by Gasteiger charge is 2.23. The molecule has 0 saturated heterocycles. The molecule has 1 aromatic carbocycles. The highest BCUT2D eigenvalue weighted by molar-refractivity contribution is 7.08. The van der Waals surface area contributed by atoms with Gasteiger partial charge in [0.1, 0.15) is 5.60 Å². The van der Waals surface area contributed by atoms with Crippen molar-refractivity contribution in [2.45, 2.75) is 46.4 Å². The molecule has 3 aromatic rings. The quantitative estimate of drug-likeness (QED) is 0.381. The predicted molar refractivity (Wildman–Crippen MR) is 124 cm³/mol. The number of aromatic nitrogens is 2. The van der Waals surface area contributed by atoms with Crippen molar-refractivity contribution < 1.29 is 5.11 Å². The van der Waals surface area contributed by atoms with E-state index in [1.165, 1.54) is 5.56 Å². The van der Waals surface area contributed by atoms with E-state index in [1.54, 1.807) is 11.3 Å². The molecular weight excluding hydrogens is 394 g/mol. The molecule has 0 aliphatic carbocycles. The van der Waals surface area contributed by atoms with E-state index in [9.17, 15) is 5.11 Å². The summed E-state index contributed by atoms with van der Waals surface area (Å²) in [5.41, 5.74) is 4.43. The van der Waals surface area contributed by atoms with Crippen LogP contribution in [0.1, 0.15) is 41.9 Å². The summed E-state index contributed by atoms with van der Waals surface area (Å²) in [6.45, 7) is 10.4. The summed E-state index contributed by atoms with van der Waals surface area (Å²) < 4.78 is 2.04. The number of thiophene rings is 1. The highest BCUT2D eigenvalue weighted by atomic mass is 32.1. The molecule has 1 unspecified atom stereocenters. The maximum Gasteiger partial charge on any atom is 0.191 e. The minimum absolute atomic E-state index is 0.376. The molecule has 3 rings (SSSR count). The third-order valence-corrected chi connectivity index (χ3v) is 5.87. The summed E-state index contributed by atoms with van der Waals surface area (Å²) in [4.78, 5) is 4.74. The lowest BCUT2D eigenvalue weighted by Crippen LogP contribution is -2.44. The largest absolute Gasteiger partial charge is 0.384 e. The second kappa shape index (κ2) is 9.91. The van der Waals surface area contributed by atoms with Crippen molar-refractivity contribution in [3.05, 3.63) is 75.2 Å². The van der Waals surface area contributed by atoms with Gasteiger partial charge < -0.3 is 15.7 Å². The molecule has 0 bridgehead atoms. The number of hydrogen-bond donors (Lipinski definition) is 3. The monoisotopic (exact) mass is 425 g/mol. The van der Waals surface area contributed by atoms with Crippen LogP contribution in [0.4, 0.5) is 0 Å². The number of aryl methyl sites for hydroxylation is 1. The summed E-state index contributed by atoms with van der Waals surface area (Å²) >= 11 is 1.58. The smallest absolute Gasteiger partial charge is 0.191 e. The zero-order valence-electron chi connectivity index (χ0n) is 18.1. The lowest BCUT2D eigenvalue weighted by molar-refractivity contribution is 0.0621. The van der Waals surface area contributed by atoms with E-state index in [-0.39, 0.29) is 0 Å². The van der Waals surface area contributed by atoms with Crippen LogP contribution >= 0.6 is 11.3 Å². The van der Waals surface area contributed by atoms with Crippen LogP contribution in [0.15, 0.2) is 52.2 Å². The van der Waals surface area contributed by atoms with Gasteiger partial charge in [0.05, 0.1) is 25.3 Å². The van der Waals surface area contributed by atoms with Gasteiger partial charge in [-0.15, -0.1) is 0 Å². The molecule has 0 amide bonds. The second-order valence-corrected chi connectivity index (χ2v) is 8.41. The Hall–Kier alpha value is -2.64. The molecule has 0 aliphatic rings. The van der Waals surface area contributed by atoms with Gasteiger partial charge in [-0.2, -0.15) is 16.4 Å². The number of guanidine groups is 1. The van der Waals surface area contributed by atoms with Crippen molar-refractivity contribution in [1.82, 2.24) is 20.4 Å². The Labute approximate surface area is 182 Å². The van der Waals surface area contributed by atoms with E-state index in [0.29, 0.717) is 19.0 Å². The van der Waals surface area contributed by atoms with Gasteiger partial charge in [0.2, 0.25) is 0 Å². The van der Waals surface area contributed by atoms with Gasteiger partial charge >= 0.3 is 0 Å². The number of aliphatic hydroxyl groups is 1. The molecule has 1 atom stereocenters. The van der Waals surface area contributed by atoms with E-state index in [4.69, 9.17) is 10.1 Å². The van der Waals surface area contributed by atoms with Gasteiger partial charge in [-0.25, -0.2) is 4.99 Å². The van der Waals surface area contributed by atoms with Crippen molar-refractivity contribution in [3.8, 4) is 0 Å². The molecule has 7 heteroatoms. The third kappa shape index (κ3) is 5.49. The van der Waals surface area contributed by atoms with Crippen LogP contribution in [0, 0.1) is 13.8 Å². The molecule has 0 aliphatic heterocycles. The van der Waals surface area contributed by atoms with Crippen LogP contribution in [0.2, 0.25) is 0 Å². The number of nitrogens with zero attached hydrogens (tertiary/aromatic N) is 3. The Kier molecular flexibility index (Phi) is 7.29. The molecule has 0 spiro atoms. The Morgan fingerprint density at radius 1 is 1.20 bits per heavy atom. The van der Waals surface area contributed by atoms with Crippen molar-refractivity contribution in [2.24, 2.45) is 4.99 Å². The maximum absolute atomic E-state index is 10.8. The van der Waals surface area contributed by atoms with E-state index >= 15 is 0 Å². The first kappa shape index (κ1) is 22.1. The van der Waals surface area contributed by atoms with Crippen molar-refractivity contribution >= 4 is 17.3 Å². The van der Waals surface area contributed by atoms with E-state index in [2.05, 4.69) is 29.7 Å². The van der Waals surface area contributed by atoms with Gasteiger partial charge in [0.25, 0.3) is 0 Å². The minimum Gasteiger partial charge on any atom is -0.384 e. The van der Waals surface area contributed by atoms with Crippen LogP contribution in [0.3, 0.4) is 0 Å². The van der Waals surface area contributed by atoms with E-state index < -0.39 is 5.60 Å². The number of rotatable bonds is 8. The fourth-order valence-corrected chi connectivity index (χ4v) is 4.08. The summed E-state index contributed by atoms with van der Waals surface area (Å²) in [7, 11) is 0. The van der Waals surface area contributed by atoms with Gasteiger partial charge in [0, 0.05) is 17.8 Å². The van der Waals surface area contributed by atoms with Crippen LogP contribution in [-0.2, 0) is 18.7 Å². The standard InChI is InChI=1S/C23H31N5OS/c1-5-24-22(26-16-23(4,29)20-11-12-30-15-20)25-13-21-17(2)27-28(18(21)3)14-19-9-7-6-8-10-19/h6-12,15,29H,5,13-14,16H2,1-4H3,(H2,24,25,26). The molecule has 0 saturated carbocycles. The first-order valence-corrected chi connectivity index (χ1v) is 11.2. The Morgan fingerprint density at radius 2 is 1.97 bits per heavy atom. The van der Waals surface area contributed by atoms with Gasteiger partial charge in [-0.1, -0.05) is 30.3 Å². The van der Waals surface area contributed by atoms with Crippen LogP contribution in [0.5, 0.6) is 0 Å². The molecule has 3 N–H and O–H groups in total. The van der Waals surface area contributed by atoms with Gasteiger partial charge in [0.15, 0.2) is 5.96 Å². The predicted octanol–water partition coefficient (Wildman–Crippen LogP) is 3.57. The van der Waals surface area contributed by atoms with Crippen molar-refractivity contribution in [3.63, 3.8) is 0 Å². The topological polar surface area (TPSA) is 74.5 Å². The van der Waals surface area contributed by atoms with Crippen LogP contribution in [-0.4, -0.2) is 33.9 Å². The average Bonchev–Trinajstić information content (AvgIpc) is 3.35. The molecule has 0 fully saturated rings. The van der Waals surface area contributed by atoms with E-state index in [0.717, 1.165) is 35.6 Å². The zero-order valence-corrected chi connectivity index (χ0v) is 19.0. The third-order valence-electron chi connectivity index (χ3n) is 5.19. The summed E-state index contributed by atoms with van der Waals surface area (Å²) in [6.07, 6.45) is 0. The fraction of sp³-hybridized carbons (Fsp3) is 0.391. The van der Waals surface area contributed by atoms with E-state index in [1.807, 2.05) is 60.5 Å². The van der Waals surface area contributed by atoms with Crippen LogP contribution in [0.25, 0.3) is 0 Å². The molecule has 2 aromatic heterocycles. The molecule has 2 heterocycles. The normalized spacial score (nSPS) is 13.8. The van der Waals surface area contributed by atoms with Crippen molar-refractivity contribution in [1.29, 1.82) is 0 Å². The number of benzene rings is 1. The second-order valence-electron chi connectivity index (χ2n) is 7.63. The molecule has 30 heavy (non-hydrogen) atoms. The van der Waals surface area contributed by atoms with Crippen molar-refractivity contribution in [2.75, 3.05) is 13.1 Å². The average molecular weight is 426 g/mol.